The van der Waals surface area contributed by atoms with Crippen LogP contribution in [-0.4, -0.2) is 173 Å². The van der Waals surface area contributed by atoms with Crippen LogP contribution in [0.5, 0.6) is 0 Å². The van der Waals surface area contributed by atoms with Gasteiger partial charge in [0.05, 0.1) is 65.4 Å². The van der Waals surface area contributed by atoms with Gasteiger partial charge >= 0.3 is 29.8 Å². The van der Waals surface area contributed by atoms with Gasteiger partial charge in [-0.25, -0.2) is 19.2 Å². The van der Waals surface area contributed by atoms with E-state index in [-0.39, 0.29) is 37.2 Å². The fourth-order valence-corrected chi connectivity index (χ4v) is 10.7. The molecule has 0 saturated carbocycles. The number of azide groups is 2. The third-order valence-electron chi connectivity index (χ3n) is 15.9. The van der Waals surface area contributed by atoms with Crippen molar-refractivity contribution in [2.45, 2.75) is 134 Å². The summed E-state index contributed by atoms with van der Waals surface area (Å²) in [6.45, 7) is 9.27. The molecule has 0 amide bonds. The van der Waals surface area contributed by atoms with E-state index < -0.39 is 146 Å². The molecule has 0 bridgehead atoms. The van der Waals surface area contributed by atoms with Crippen LogP contribution in [-0.2, 0) is 66.4 Å². The number of hydrogen-bond acceptors (Lipinski definition) is 22. The van der Waals surface area contributed by atoms with Crippen LogP contribution in [0, 0.1) is 29.6 Å². The van der Waals surface area contributed by atoms with Crippen molar-refractivity contribution in [1.82, 2.24) is 0 Å². The van der Waals surface area contributed by atoms with Crippen molar-refractivity contribution in [3.8, 4) is 0 Å². The average molecular weight is 1210 g/mol. The first-order chi connectivity index (χ1) is 41.9. The SMILES string of the molecule is CO[C@H]1OC(COC(=O)c2ccccc2)[C@@H](O[C@@H]2OC(CO)[C@@H](O)[C@H](C)C2OC(=O)c2ccccc2)[C@H](C)C1N=[N+]=[N-].CO[C@H]1OC(COC(=O)c2ccccc2)[C@@H](O[C@@H]2OC(COC(C)=O)[C@@H](C)[C@H](C)C2OC(=O)c2ccccc2)[C@H](C)C1N=[N+]=[N-]. The van der Waals surface area contributed by atoms with Gasteiger partial charge in [-0.2, -0.15) is 0 Å². The maximum absolute atomic E-state index is 13.2. The summed E-state index contributed by atoms with van der Waals surface area (Å²) in [4.78, 5) is 69.2. The number of methoxy groups -OCH3 is 2. The largest absolute Gasteiger partial charge is 0.463 e. The Morgan fingerprint density at radius 2 is 0.805 bits per heavy atom. The van der Waals surface area contributed by atoms with Crippen LogP contribution in [0.3, 0.4) is 0 Å². The van der Waals surface area contributed by atoms with Crippen molar-refractivity contribution in [2.75, 3.05) is 40.6 Å². The van der Waals surface area contributed by atoms with Crippen molar-refractivity contribution < 1.29 is 95.8 Å². The van der Waals surface area contributed by atoms with Crippen LogP contribution >= 0.6 is 0 Å². The number of nitrogens with zero attached hydrogens (tertiary/aromatic N) is 6. The molecule has 26 heteroatoms. The predicted octanol–water partition coefficient (Wildman–Crippen LogP) is 7.56. The number of rotatable bonds is 21. The number of benzene rings is 4. The molecular weight excluding hydrogens is 1140 g/mol. The molecule has 4 saturated heterocycles. The molecule has 4 aromatic rings. The van der Waals surface area contributed by atoms with E-state index in [1.165, 1.54) is 21.1 Å². The monoisotopic (exact) mass is 1210 g/mol. The topological polar surface area (TPSA) is 343 Å². The van der Waals surface area contributed by atoms with Crippen LogP contribution in [0.4, 0.5) is 0 Å². The summed E-state index contributed by atoms with van der Waals surface area (Å²) in [6, 6.07) is 32.1. The van der Waals surface area contributed by atoms with Gasteiger partial charge < -0.3 is 71.8 Å². The molecular formula is C61H74N6O20. The molecule has 0 aliphatic carbocycles. The lowest BCUT2D eigenvalue weighted by molar-refractivity contribution is -0.332. The van der Waals surface area contributed by atoms with Gasteiger partial charge in [-0.15, -0.1) is 0 Å². The van der Waals surface area contributed by atoms with Crippen molar-refractivity contribution >= 4 is 29.8 Å². The van der Waals surface area contributed by atoms with Crippen LogP contribution in [0.25, 0.3) is 20.9 Å². The molecule has 8 rings (SSSR count). The van der Waals surface area contributed by atoms with Gasteiger partial charge in [0.15, 0.2) is 37.4 Å². The van der Waals surface area contributed by atoms with E-state index >= 15 is 0 Å². The van der Waals surface area contributed by atoms with Gasteiger partial charge in [0.25, 0.3) is 0 Å². The van der Waals surface area contributed by atoms with Crippen LogP contribution < -0.4 is 0 Å². The fourth-order valence-electron chi connectivity index (χ4n) is 10.7. The van der Waals surface area contributed by atoms with Crippen molar-refractivity contribution in [3.63, 3.8) is 0 Å². The average Bonchev–Trinajstić information content (AvgIpc) is 2.16. The third-order valence-corrected chi connectivity index (χ3v) is 15.9. The zero-order valence-electron chi connectivity index (χ0n) is 49.3. The zero-order valence-corrected chi connectivity index (χ0v) is 49.3. The molecule has 4 heterocycles. The first kappa shape index (κ1) is 67.0. The number of ether oxygens (including phenoxy) is 13. The third kappa shape index (κ3) is 17.2. The standard InChI is InChI=1S/C32H39N3O10.C29H35N3O10/c1-18-19(2)28(44-30(38)23-14-10-7-11-15-23)32(42-24(18)16-40-21(4)36)45-27-20(3)26(34-35-33)31(39-5)43-25(27)17-41-29(37)22-12-8-6-9-13-22;1-16-22(31-32-30)28(37-3)40-21(15-38-26(35)18-10-6-4-7-11-18)24(16)42-29-25(17(2)23(34)20(14-33)39-29)41-27(36)19-12-8-5-9-13-19/h6-15,18-20,24-28,31-32H,16-17H2,1-5H3;4-13,16-17,20-25,28-29,33-34H,14-15H2,1-3H3/t18-,19-,20+,24?,25?,26?,27-,28?,31-,32-;16-,17+,20?,21?,22?,23+,24+,25?,28+,29+/m01/s1. The van der Waals surface area contributed by atoms with Gasteiger partial charge in [-0.05, 0) is 77.3 Å². The summed E-state index contributed by atoms with van der Waals surface area (Å²) in [7, 11) is 2.81. The molecule has 468 valence electrons. The van der Waals surface area contributed by atoms with E-state index in [1.807, 2.05) is 13.8 Å². The predicted molar refractivity (Wildman–Crippen MR) is 305 cm³/mol. The Labute approximate surface area is 502 Å². The van der Waals surface area contributed by atoms with Crippen LogP contribution in [0.15, 0.2) is 132 Å². The molecule has 87 heavy (non-hydrogen) atoms. The normalized spacial score (nSPS) is 32.0. The molecule has 20 atom stereocenters. The summed E-state index contributed by atoms with van der Waals surface area (Å²) in [5, 5.41) is 28.4. The number of carbonyl (C=O) groups is 5. The molecule has 0 aromatic heterocycles. The van der Waals surface area contributed by atoms with Crippen molar-refractivity contribution in [3.05, 3.63) is 164 Å². The summed E-state index contributed by atoms with van der Waals surface area (Å²) < 4.78 is 76.5. The minimum Gasteiger partial charge on any atom is -0.463 e. The number of aliphatic hydroxyl groups excluding tert-OH is 2. The van der Waals surface area contributed by atoms with Gasteiger partial charge in [-0.1, -0.05) is 118 Å². The molecule has 4 aliphatic heterocycles. The quantitative estimate of drug-likeness (QED) is 0.0267. The van der Waals surface area contributed by atoms with Crippen LogP contribution in [0.1, 0.15) is 83.0 Å². The number of esters is 5. The summed E-state index contributed by atoms with van der Waals surface area (Å²) in [5.74, 6) is -5.15. The van der Waals surface area contributed by atoms with Crippen LogP contribution in [0.2, 0.25) is 0 Å². The van der Waals surface area contributed by atoms with E-state index in [1.54, 1.807) is 142 Å². The minimum absolute atomic E-state index is 0.0397. The maximum Gasteiger partial charge on any atom is 0.338 e. The maximum atomic E-state index is 13.2. The lowest BCUT2D eigenvalue weighted by Gasteiger charge is -2.48. The molecule has 0 radical (unpaired) electrons. The molecule has 8 unspecified atom stereocenters. The summed E-state index contributed by atoms with van der Waals surface area (Å²) in [6.07, 6.45) is -12.8. The van der Waals surface area contributed by atoms with Crippen molar-refractivity contribution in [2.24, 2.45) is 39.8 Å². The van der Waals surface area contributed by atoms with E-state index in [9.17, 15) is 45.2 Å². The second-order valence-electron chi connectivity index (χ2n) is 21.4. The molecule has 4 aliphatic rings. The number of aliphatic hydroxyl groups is 2. The molecule has 4 aromatic carbocycles. The smallest absolute Gasteiger partial charge is 0.338 e. The Hall–Kier alpha value is -7.55. The first-order valence-electron chi connectivity index (χ1n) is 28.4. The van der Waals surface area contributed by atoms with Crippen molar-refractivity contribution in [1.29, 1.82) is 0 Å². The highest BCUT2D eigenvalue weighted by Gasteiger charge is 2.53. The Morgan fingerprint density at radius 1 is 0.460 bits per heavy atom. The Balaban J connectivity index is 0.000000249. The van der Waals surface area contributed by atoms with E-state index in [4.69, 9.17) is 61.6 Å². The number of hydrogen-bond donors (Lipinski definition) is 2. The highest BCUT2D eigenvalue weighted by Crippen LogP contribution is 2.40. The summed E-state index contributed by atoms with van der Waals surface area (Å²) in [5.41, 5.74) is 19.8. The zero-order chi connectivity index (χ0) is 62.7. The molecule has 0 spiro atoms. The highest BCUT2D eigenvalue weighted by molar-refractivity contribution is 5.91. The summed E-state index contributed by atoms with van der Waals surface area (Å²) >= 11 is 0. The second kappa shape index (κ2) is 32.4. The highest BCUT2D eigenvalue weighted by atomic mass is 16.8. The molecule has 26 nitrogen and oxygen atoms in total. The molecule has 2 N–H and O–H groups in total. The van der Waals surface area contributed by atoms with Gasteiger partial charge in [0.1, 0.15) is 38.1 Å². The van der Waals surface area contributed by atoms with E-state index in [0.29, 0.717) is 16.7 Å². The fraction of sp³-hybridized carbons (Fsp3) is 0.525. The number of carbonyl (C=O) groups excluding carboxylic acids is 5. The van der Waals surface area contributed by atoms with E-state index in [0.717, 1.165) is 0 Å². The van der Waals surface area contributed by atoms with E-state index in [2.05, 4.69) is 20.1 Å². The molecule has 4 fully saturated rings. The second-order valence-corrected chi connectivity index (χ2v) is 21.4. The van der Waals surface area contributed by atoms with Gasteiger partial charge in [0.2, 0.25) is 0 Å². The van der Waals surface area contributed by atoms with Gasteiger partial charge in [0, 0.05) is 42.8 Å². The Morgan fingerprint density at radius 3 is 1.16 bits per heavy atom. The first-order valence-corrected chi connectivity index (χ1v) is 28.4. The lowest BCUT2D eigenvalue weighted by atomic mass is 9.83. The minimum atomic E-state index is -1.28. The van der Waals surface area contributed by atoms with Gasteiger partial charge in [-0.3, -0.25) is 4.79 Å². The Bertz CT molecular complexity index is 2960. The lowest BCUT2D eigenvalue weighted by Crippen LogP contribution is -2.61. The Kier molecular flexibility index (Phi) is 25.0.